The summed E-state index contributed by atoms with van der Waals surface area (Å²) in [5.41, 5.74) is 1.45. The van der Waals surface area contributed by atoms with Crippen LogP contribution in [0.2, 0.25) is 5.02 Å². The van der Waals surface area contributed by atoms with Gasteiger partial charge in [0.25, 0.3) is 0 Å². The van der Waals surface area contributed by atoms with Crippen LogP contribution in [0.3, 0.4) is 0 Å². The number of ketones is 1. The molecule has 1 aliphatic rings. The van der Waals surface area contributed by atoms with Gasteiger partial charge in [0, 0.05) is 30.2 Å². The van der Waals surface area contributed by atoms with E-state index < -0.39 is 0 Å². The highest BCUT2D eigenvalue weighted by molar-refractivity contribution is 6.30. The van der Waals surface area contributed by atoms with E-state index in [0.717, 1.165) is 31.6 Å². The first-order valence-corrected chi connectivity index (χ1v) is 8.06. The molecule has 0 amide bonds. The molecule has 7 heteroatoms. The maximum Gasteiger partial charge on any atom is 0.184 e. The summed E-state index contributed by atoms with van der Waals surface area (Å²) in [6.45, 7) is 2.57. The number of carbonyl (C=O) groups is 1. The van der Waals surface area contributed by atoms with E-state index in [-0.39, 0.29) is 18.4 Å². The summed E-state index contributed by atoms with van der Waals surface area (Å²) in [6.07, 6.45) is 3.21. The summed E-state index contributed by atoms with van der Waals surface area (Å²) >= 11 is 5.82. The van der Waals surface area contributed by atoms with Crippen LogP contribution in [0.1, 0.15) is 28.9 Å². The molecule has 2 aromatic rings. The number of piperidine rings is 1. The average Bonchev–Trinajstić information content (AvgIpc) is 2.97. The van der Waals surface area contributed by atoms with E-state index in [0.29, 0.717) is 17.1 Å². The van der Waals surface area contributed by atoms with E-state index in [2.05, 4.69) is 15.2 Å². The summed E-state index contributed by atoms with van der Waals surface area (Å²) in [5.74, 6) is -0.0285. The maximum atomic E-state index is 12.2. The lowest BCUT2D eigenvalue weighted by Gasteiger charge is -2.28. The van der Waals surface area contributed by atoms with Crippen molar-refractivity contribution in [1.29, 1.82) is 0 Å². The molecule has 0 spiro atoms. The highest BCUT2D eigenvalue weighted by Crippen LogP contribution is 2.13. The van der Waals surface area contributed by atoms with Crippen molar-refractivity contribution in [1.82, 2.24) is 19.9 Å². The number of halogens is 1. The Morgan fingerprint density at radius 2 is 1.96 bits per heavy atom. The Bertz CT molecular complexity index is 663. The van der Waals surface area contributed by atoms with E-state index in [1.165, 1.54) is 0 Å². The predicted molar refractivity (Wildman–Crippen MR) is 86.3 cm³/mol. The minimum absolute atomic E-state index is 0.0285. The topological polar surface area (TPSA) is 71.2 Å². The Morgan fingerprint density at radius 1 is 1.26 bits per heavy atom. The molecule has 0 radical (unpaired) electrons. The van der Waals surface area contributed by atoms with Gasteiger partial charge >= 0.3 is 0 Å². The molecule has 1 aliphatic heterocycles. The number of likely N-dealkylation sites (tertiary alicyclic amines) is 1. The largest absolute Gasteiger partial charge is 0.393 e. The van der Waals surface area contributed by atoms with Crippen LogP contribution < -0.4 is 0 Å². The van der Waals surface area contributed by atoms with Gasteiger partial charge in [0.15, 0.2) is 5.78 Å². The fourth-order valence-electron chi connectivity index (χ4n) is 2.67. The van der Waals surface area contributed by atoms with Crippen molar-refractivity contribution in [3.63, 3.8) is 0 Å². The van der Waals surface area contributed by atoms with Crippen LogP contribution in [-0.2, 0) is 13.1 Å². The van der Waals surface area contributed by atoms with Gasteiger partial charge in [0.05, 0.1) is 18.0 Å². The first-order chi connectivity index (χ1) is 11.1. The third kappa shape index (κ3) is 4.37. The molecule has 6 nitrogen and oxygen atoms in total. The van der Waals surface area contributed by atoms with Crippen LogP contribution in [0, 0.1) is 0 Å². The third-order valence-electron chi connectivity index (χ3n) is 4.00. The van der Waals surface area contributed by atoms with Gasteiger partial charge in [-0.2, -0.15) is 0 Å². The Hall–Kier alpha value is -1.76. The highest BCUT2D eigenvalue weighted by Gasteiger charge is 2.18. The van der Waals surface area contributed by atoms with Gasteiger partial charge in [0.2, 0.25) is 0 Å². The van der Waals surface area contributed by atoms with Crippen molar-refractivity contribution < 1.29 is 9.90 Å². The third-order valence-corrected chi connectivity index (χ3v) is 4.25. The van der Waals surface area contributed by atoms with Crippen molar-refractivity contribution >= 4 is 17.4 Å². The first-order valence-electron chi connectivity index (χ1n) is 7.68. The summed E-state index contributed by atoms with van der Waals surface area (Å²) in [4.78, 5) is 14.4. The lowest BCUT2D eigenvalue weighted by molar-refractivity contribution is 0.0786. The fraction of sp³-hybridized carbons (Fsp3) is 0.438. The number of nitrogens with zero attached hydrogens (tertiary/aromatic N) is 4. The van der Waals surface area contributed by atoms with E-state index >= 15 is 0 Å². The van der Waals surface area contributed by atoms with Gasteiger partial charge in [-0.3, -0.25) is 9.69 Å². The second kappa shape index (κ2) is 7.21. The van der Waals surface area contributed by atoms with Crippen molar-refractivity contribution in [3.8, 4) is 0 Å². The number of rotatable bonds is 5. The van der Waals surface area contributed by atoms with Gasteiger partial charge in [0.1, 0.15) is 6.54 Å². The second-order valence-corrected chi connectivity index (χ2v) is 6.28. The average molecular weight is 335 g/mol. The van der Waals surface area contributed by atoms with Gasteiger partial charge in [-0.05, 0) is 37.1 Å². The molecule has 1 N–H and O–H groups in total. The molecule has 0 saturated carbocycles. The molecule has 0 aliphatic carbocycles. The molecule has 2 heterocycles. The van der Waals surface area contributed by atoms with Crippen LogP contribution in [0.15, 0.2) is 30.5 Å². The van der Waals surface area contributed by atoms with Gasteiger partial charge < -0.3 is 5.11 Å². The monoisotopic (exact) mass is 334 g/mol. The van der Waals surface area contributed by atoms with E-state index in [4.69, 9.17) is 11.6 Å². The van der Waals surface area contributed by atoms with E-state index in [9.17, 15) is 9.90 Å². The number of aromatic nitrogens is 3. The summed E-state index contributed by atoms with van der Waals surface area (Å²) in [7, 11) is 0. The molecule has 23 heavy (non-hydrogen) atoms. The molecule has 1 aromatic carbocycles. The predicted octanol–water partition coefficient (Wildman–Crippen LogP) is 1.77. The minimum Gasteiger partial charge on any atom is -0.393 e. The molecular formula is C16H19ClN4O2. The molecule has 3 rings (SSSR count). The van der Waals surface area contributed by atoms with Crippen molar-refractivity contribution in [2.24, 2.45) is 0 Å². The Labute approximate surface area is 139 Å². The second-order valence-electron chi connectivity index (χ2n) is 5.84. The van der Waals surface area contributed by atoms with Crippen molar-refractivity contribution in [2.75, 3.05) is 13.1 Å². The van der Waals surface area contributed by atoms with Crippen LogP contribution in [0.4, 0.5) is 0 Å². The smallest absolute Gasteiger partial charge is 0.184 e. The standard InChI is InChI=1S/C16H19ClN4O2/c17-13-3-1-12(2-4-13)16(23)11-21-10-14(18-19-21)9-20-7-5-15(22)6-8-20/h1-4,10,15,22H,5-9,11H2. The van der Waals surface area contributed by atoms with Crippen molar-refractivity contribution in [3.05, 3.63) is 46.7 Å². The zero-order valence-corrected chi connectivity index (χ0v) is 13.5. The fourth-order valence-corrected chi connectivity index (χ4v) is 2.79. The van der Waals surface area contributed by atoms with Gasteiger partial charge in [-0.25, -0.2) is 4.68 Å². The number of carbonyl (C=O) groups excluding carboxylic acids is 1. The molecule has 1 aromatic heterocycles. The SMILES string of the molecule is O=C(Cn1cc(CN2CCC(O)CC2)nn1)c1ccc(Cl)cc1. The Kier molecular flexibility index (Phi) is 5.05. The molecule has 0 unspecified atom stereocenters. The van der Waals surface area contributed by atoms with Gasteiger partial charge in [-0.15, -0.1) is 5.10 Å². The zero-order chi connectivity index (χ0) is 16.2. The van der Waals surface area contributed by atoms with Gasteiger partial charge in [-0.1, -0.05) is 16.8 Å². The minimum atomic E-state index is -0.182. The molecule has 1 saturated heterocycles. The first kappa shape index (κ1) is 16.1. The maximum absolute atomic E-state index is 12.2. The number of Topliss-reactive ketones (excluding diaryl/α,β-unsaturated/α-hetero) is 1. The normalized spacial score (nSPS) is 16.6. The van der Waals surface area contributed by atoms with E-state index in [1.54, 1.807) is 35.1 Å². The Balaban J connectivity index is 1.56. The van der Waals surface area contributed by atoms with Crippen LogP contribution in [0.5, 0.6) is 0 Å². The molecule has 1 fully saturated rings. The molecular weight excluding hydrogens is 316 g/mol. The number of aliphatic hydroxyl groups is 1. The molecule has 0 bridgehead atoms. The number of hydrogen-bond acceptors (Lipinski definition) is 5. The number of aliphatic hydroxyl groups excluding tert-OH is 1. The van der Waals surface area contributed by atoms with Crippen molar-refractivity contribution in [2.45, 2.75) is 32.0 Å². The van der Waals surface area contributed by atoms with Crippen LogP contribution >= 0.6 is 11.6 Å². The summed E-state index contributed by atoms with van der Waals surface area (Å²) < 4.78 is 1.56. The van der Waals surface area contributed by atoms with Crippen LogP contribution in [-0.4, -0.2) is 50.0 Å². The lowest BCUT2D eigenvalue weighted by atomic mass is 10.1. The molecule has 122 valence electrons. The summed E-state index contributed by atoms with van der Waals surface area (Å²) in [5, 5.41) is 18.3. The molecule has 0 atom stereocenters. The highest BCUT2D eigenvalue weighted by atomic mass is 35.5. The number of hydrogen-bond donors (Lipinski definition) is 1. The zero-order valence-electron chi connectivity index (χ0n) is 12.7. The quantitative estimate of drug-likeness (QED) is 0.844. The van der Waals surface area contributed by atoms with Crippen LogP contribution in [0.25, 0.3) is 0 Å². The summed E-state index contributed by atoms with van der Waals surface area (Å²) in [6, 6.07) is 6.82. The lowest BCUT2D eigenvalue weighted by Crippen LogP contribution is -2.35. The van der Waals surface area contributed by atoms with E-state index in [1.807, 2.05) is 0 Å². The Morgan fingerprint density at radius 3 is 2.65 bits per heavy atom. The number of benzene rings is 1.